The molecule has 2 rings (SSSR count). The fraction of sp³-hybridized carbons (Fsp3) is 0.286. The molecule has 0 N–H and O–H groups in total. The molecule has 2 heteroatoms. The Morgan fingerprint density at radius 3 is 1.81 bits per heavy atom. The second-order valence-electron chi connectivity index (χ2n) is 3.01. The van der Waals surface area contributed by atoms with Gasteiger partial charge in [-0.15, -0.1) is 0 Å². The van der Waals surface area contributed by atoms with Crippen molar-refractivity contribution in [3.05, 3.63) is 60.7 Å². The molecule has 0 amide bonds. The summed E-state index contributed by atoms with van der Waals surface area (Å²) in [6.07, 6.45) is 5.79. The lowest BCUT2D eigenvalue weighted by Gasteiger charge is -1.82. The van der Waals surface area contributed by atoms with Crippen molar-refractivity contribution in [2.24, 2.45) is 7.05 Å². The van der Waals surface area contributed by atoms with Gasteiger partial charge in [0.1, 0.15) is 7.05 Å². The Balaban J connectivity index is 0. The van der Waals surface area contributed by atoms with Gasteiger partial charge in [-0.2, -0.15) is 0 Å². The standard InChI is InChI=1S/C6H8N.C6H7N.2CH4/c1-7-5-3-2-4-6-7;1-6-4-2-3-5-7-6;;/h2-6H,1H3;2-5H,1H3;2*1H4/q+1;;;. The lowest BCUT2D eigenvalue weighted by Crippen LogP contribution is -2.25. The Morgan fingerprint density at radius 2 is 1.56 bits per heavy atom. The van der Waals surface area contributed by atoms with Crippen LogP contribution < -0.4 is 4.57 Å². The van der Waals surface area contributed by atoms with Crippen LogP contribution >= 0.6 is 0 Å². The van der Waals surface area contributed by atoms with Crippen LogP contribution in [0.25, 0.3) is 0 Å². The number of aromatic nitrogens is 2. The zero-order valence-corrected chi connectivity index (χ0v) is 8.59. The normalized spacial score (nSPS) is 7.62. The molecule has 0 aliphatic carbocycles. The predicted molar refractivity (Wildman–Crippen MR) is 70.1 cm³/mol. The van der Waals surface area contributed by atoms with Gasteiger partial charge >= 0.3 is 0 Å². The van der Waals surface area contributed by atoms with Gasteiger partial charge in [0.25, 0.3) is 0 Å². The molecule has 2 aromatic heterocycles. The molecule has 0 radical (unpaired) electrons. The predicted octanol–water partition coefficient (Wildman–Crippen LogP) is 3.17. The van der Waals surface area contributed by atoms with E-state index < -0.39 is 0 Å². The van der Waals surface area contributed by atoms with E-state index in [0.29, 0.717) is 0 Å². The minimum absolute atomic E-state index is 0. The van der Waals surface area contributed by atoms with E-state index >= 15 is 0 Å². The van der Waals surface area contributed by atoms with Crippen LogP contribution in [0, 0.1) is 6.92 Å². The molecule has 0 unspecified atom stereocenters. The molecule has 0 saturated carbocycles. The van der Waals surface area contributed by atoms with Crippen LogP contribution in [-0.4, -0.2) is 4.98 Å². The molecule has 88 valence electrons. The minimum atomic E-state index is 0. The summed E-state index contributed by atoms with van der Waals surface area (Å²) >= 11 is 0. The summed E-state index contributed by atoms with van der Waals surface area (Å²) in [4.78, 5) is 3.98. The molecule has 0 bridgehead atoms. The summed E-state index contributed by atoms with van der Waals surface area (Å²) in [5.74, 6) is 0. The van der Waals surface area contributed by atoms with E-state index in [1.165, 1.54) is 0 Å². The van der Waals surface area contributed by atoms with Gasteiger partial charge in [0, 0.05) is 24.0 Å². The van der Waals surface area contributed by atoms with Gasteiger partial charge in [-0.1, -0.05) is 27.0 Å². The molecule has 2 nitrogen and oxygen atoms in total. The highest BCUT2D eigenvalue weighted by Gasteiger charge is 1.78. The molecule has 0 atom stereocenters. The van der Waals surface area contributed by atoms with E-state index in [9.17, 15) is 0 Å². The van der Waals surface area contributed by atoms with Crippen molar-refractivity contribution in [1.29, 1.82) is 0 Å². The van der Waals surface area contributed by atoms with Crippen molar-refractivity contribution < 1.29 is 4.57 Å². The highest BCUT2D eigenvalue weighted by atomic mass is 14.9. The largest absolute Gasteiger partial charge is 0.262 e. The van der Waals surface area contributed by atoms with Gasteiger partial charge in [0.05, 0.1) is 0 Å². The third-order valence-corrected chi connectivity index (χ3v) is 1.68. The molecule has 0 aromatic carbocycles. The first-order chi connectivity index (χ1) is 6.79. The van der Waals surface area contributed by atoms with Gasteiger partial charge in [-0.05, 0) is 19.1 Å². The van der Waals surface area contributed by atoms with Crippen molar-refractivity contribution in [2.75, 3.05) is 0 Å². The summed E-state index contributed by atoms with van der Waals surface area (Å²) < 4.78 is 2.00. The number of hydrogen-bond donors (Lipinski definition) is 0. The number of rotatable bonds is 0. The SMILES string of the molecule is C.C.C[n+]1ccccc1.Cc1ccccn1. The lowest BCUT2D eigenvalue weighted by molar-refractivity contribution is -0.671. The molecular weight excluding hydrogens is 196 g/mol. The van der Waals surface area contributed by atoms with Crippen LogP contribution in [0.15, 0.2) is 55.0 Å². The average Bonchev–Trinajstić information content (AvgIpc) is 2.21. The fourth-order valence-corrected chi connectivity index (χ4v) is 0.933. The Hall–Kier alpha value is -1.70. The molecule has 2 heterocycles. The Kier molecular flexibility index (Phi) is 10.3. The zero-order valence-electron chi connectivity index (χ0n) is 8.59. The highest BCUT2D eigenvalue weighted by molar-refractivity contribution is 4.99. The van der Waals surface area contributed by atoms with Gasteiger partial charge < -0.3 is 0 Å². The van der Waals surface area contributed by atoms with E-state index in [2.05, 4.69) is 4.98 Å². The van der Waals surface area contributed by atoms with E-state index in [-0.39, 0.29) is 14.9 Å². The fourth-order valence-electron chi connectivity index (χ4n) is 0.933. The second-order valence-corrected chi connectivity index (χ2v) is 3.01. The van der Waals surface area contributed by atoms with Gasteiger partial charge in [-0.25, -0.2) is 4.57 Å². The molecule has 0 saturated heterocycles. The van der Waals surface area contributed by atoms with Crippen LogP contribution in [0.5, 0.6) is 0 Å². The Labute approximate surface area is 99.6 Å². The first-order valence-corrected chi connectivity index (χ1v) is 4.57. The summed E-state index contributed by atoms with van der Waals surface area (Å²) in [6, 6.07) is 11.9. The average molecular weight is 219 g/mol. The maximum absolute atomic E-state index is 3.98. The first kappa shape index (κ1) is 16.7. The van der Waals surface area contributed by atoms with Crippen molar-refractivity contribution >= 4 is 0 Å². The molecule has 0 fully saturated rings. The monoisotopic (exact) mass is 219 g/mol. The maximum Gasteiger partial charge on any atom is 0.168 e. The number of nitrogens with zero attached hydrogens (tertiary/aromatic N) is 2. The van der Waals surface area contributed by atoms with Crippen molar-refractivity contribution in [3.63, 3.8) is 0 Å². The maximum atomic E-state index is 3.98. The Bertz CT molecular complexity index is 306. The molecule has 0 aliphatic rings. The second kappa shape index (κ2) is 9.84. The van der Waals surface area contributed by atoms with E-state index in [1.54, 1.807) is 6.20 Å². The first-order valence-electron chi connectivity index (χ1n) is 4.57. The van der Waals surface area contributed by atoms with Crippen LogP contribution in [0.4, 0.5) is 0 Å². The highest BCUT2D eigenvalue weighted by Crippen LogP contribution is 1.86. The van der Waals surface area contributed by atoms with E-state index in [0.717, 1.165) is 5.69 Å². The quantitative estimate of drug-likeness (QED) is 0.622. The Morgan fingerprint density at radius 1 is 0.938 bits per heavy atom. The minimum Gasteiger partial charge on any atom is -0.262 e. The van der Waals surface area contributed by atoms with E-state index in [4.69, 9.17) is 0 Å². The van der Waals surface area contributed by atoms with Crippen molar-refractivity contribution in [3.8, 4) is 0 Å². The molecule has 16 heavy (non-hydrogen) atoms. The molecular formula is C14H23N2+. The molecule has 0 aliphatic heterocycles. The van der Waals surface area contributed by atoms with Gasteiger partial charge in [0.15, 0.2) is 12.4 Å². The van der Waals surface area contributed by atoms with Gasteiger partial charge in [0.2, 0.25) is 0 Å². The summed E-state index contributed by atoms with van der Waals surface area (Å²) in [5.41, 5.74) is 1.07. The summed E-state index contributed by atoms with van der Waals surface area (Å²) in [5, 5.41) is 0. The van der Waals surface area contributed by atoms with Crippen LogP contribution in [0.2, 0.25) is 0 Å². The molecule has 2 aromatic rings. The van der Waals surface area contributed by atoms with Crippen molar-refractivity contribution in [2.45, 2.75) is 21.8 Å². The summed E-state index contributed by atoms with van der Waals surface area (Å²) in [7, 11) is 2.00. The summed E-state index contributed by atoms with van der Waals surface area (Å²) in [6.45, 7) is 1.97. The van der Waals surface area contributed by atoms with Crippen LogP contribution in [0.1, 0.15) is 20.5 Å². The van der Waals surface area contributed by atoms with E-state index in [1.807, 2.05) is 67.3 Å². The van der Waals surface area contributed by atoms with Crippen LogP contribution in [-0.2, 0) is 7.05 Å². The van der Waals surface area contributed by atoms with Gasteiger partial charge in [-0.3, -0.25) is 4.98 Å². The third kappa shape index (κ3) is 7.68. The van der Waals surface area contributed by atoms with Crippen molar-refractivity contribution in [1.82, 2.24) is 4.98 Å². The third-order valence-electron chi connectivity index (χ3n) is 1.68. The molecule has 0 spiro atoms. The number of pyridine rings is 2. The smallest absolute Gasteiger partial charge is 0.168 e. The zero-order chi connectivity index (χ0) is 10.2. The van der Waals surface area contributed by atoms with Crippen LogP contribution in [0.3, 0.4) is 0 Å². The number of aryl methyl sites for hydroxylation is 2. The topological polar surface area (TPSA) is 16.8 Å². The lowest BCUT2D eigenvalue weighted by atomic mass is 10.4. The number of hydrogen-bond acceptors (Lipinski definition) is 1.